The Labute approximate surface area is 159 Å². The summed E-state index contributed by atoms with van der Waals surface area (Å²) in [7, 11) is -1.32. The molecule has 2 aromatic heterocycles. The topological polar surface area (TPSA) is 86.3 Å². The maximum Gasteiger partial charge on any atom is 0.197 e. The predicted molar refractivity (Wildman–Crippen MR) is 101 cm³/mol. The minimum absolute atomic E-state index is 0.208. The van der Waals surface area contributed by atoms with Crippen molar-refractivity contribution < 1.29 is 18.4 Å². The van der Waals surface area contributed by atoms with Crippen molar-refractivity contribution in [3.05, 3.63) is 47.8 Å². The number of aromatic amines is 1. The molecule has 1 aliphatic rings. The van der Waals surface area contributed by atoms with Crippen molar-refractivity contribution in [2.24, 2.45) is 5.92 Å². The van der Waals surface area contributed by atoms with E-state index in [1.165, 1.54) is 0 Å². The standard InChI is InChI=1S/C19H21N3O4S/c1-13-17(11-27(23)19-21-15-4-2-3-5-16(15)22-19)20-7-6-18(13)26-10-14-8-24-12-25-9-14/h2-7,14H,8-12H2,1H3,(H,21,22). The van der Waals surface area contributed by atoms with Crippen LogP contribution in [0.2, 0.25) is 0 Å². The lowest BCUT2D eigenvalue weighted by molar-refractivity contribution is -0.131. The second-order valence-electron chi connectivity index (χ2n) is 6.47. The van der Waals surface area contributed by atoms with Gasteiger partial charge in [-0.05, 0) is 25.1 Å². The molecule has 0 aliphatic carbocycles. The predicted octanol–water partition coefficient (Wildman–Crippen LogP) is 2.57. The summed E-state index contributed by atoms with van der Waals surface area (Å²) in [5, 5.41) is 0.459. The molecule has 1 aromatic carbocycles. The number of hydrogen-bond acceptors (Lipinski definition) is 6. The molecule has 0 radical (unpaired) electrons. The highest BCUT2D eigenvalue weighted by Crippen LogP contribution is 2.23. The van der Waals surface area contributed by atoms with E-state index < -0.39 is 10.8 Å². The highest BCUT2D eigenvalue weighted by Gasteiger charge is 2.18. The second-order valence-corrected chi connectivity index (χ2v) is 7.83. The summed E-state index contributed by atoms with van der Waals surface area (Å²) in [6.07, 6.45) is 1.68. The Morgan fingerprint density at radius 1 is 1.26 bits per heavy atom. The number of aromatic nitrogens is 3. The minimum Gasteiger partial charge on any atom is -0.493 e. The zero-order chi connectivity index (χ0) is 18.6. The Bertz CT molecular complexity index is 920. The third-order valence-electron chi connectivity index (χ3n) is 4.46. The van der Waals surface area contributed by atoms with Crippen molar-refractivity contribution in [1.29, 1.82) is 0 Å². The molecule has 4 rings (SSSR count). The van der Waals surface area contributed by atoms with Crippen LogP contribution in [0.3, 0.4) is 0 Å². The number of nitrogens with zero attached hydrogens (tertiary/aromatic N) is 2. The third-order valence-corrected chi connectivity index (χ3v) is 5.62. The van der Waals surface area contributed by atoms with Gasteiger partial charge in [-0.1, -0.05) is 12.1 Å². The zero-order valence-electron chi connectivity index (χ0n) is 15.0. The number of hydrogen-bond donors (Lipinski definition) is 1. The lowest BCUT2D eigenvalue weighted by Crippen LogP contribution is -2.29. The zero-order valence-corrected chi connectivity index (χ0v) is 15.8. The molecule has 8 heteroatoms. The molecule has 27 heavy (non-hydrogen) atoms. The first kappa shape index (κ1) is 18.1. The summed E-state index contributed by atoms with van der Waals surface area (Å²) >= 11 is 0. The van der Waals surface area contributed by atoms with Crippen molar-refractivity contribution in [3.8, 4) is 5.75 Å². The molecule has 1 aliphatic heterocycles. The van der Waals surface area contributed by atoms with Gasteiger partial charge < -0.3 is 19.2 Å². The van der Waals surface area contributed by atoms with Crippen LogP contribution in [-0.2, 0) is 26.0 Å². The fraction of sp³-hybridized carbons (Fsp3) is 0.368. The average molecular weight is 387 g/mol. The summed E-state index contributed by atoms with van der Waals surface area (Å²) in [4.78, 5) is 11.9. The van der Waals surface area contributed by atoms with E-state index in [9.17, 15) is 4.21 Å². The Morgan fingerprint density at radius 2 is 2.07 bits per heavy atom. The van der Waals surface area contributed by atoms with Crippen LogP contribution in [0.1, 0.15) is 11.3 Å². The molecular formula is C19H21N3O4S. The Hall–Kier alpha value is -2.29. The highest BCUT2D eigenvalue weighted by atomic mass is 32.2. The summed E-state index contributed by atoms with van der Waals surface area (Å²) in [6.45, 7) is 4.06. The van der Waals surface area contributed by atoms with Crippen molar-refractivity contribution >= 4 is 21.8 Å². The van der Waals surface area contributed by atoms with E-state index in [0.29, 0.717) is 31.8 Å². The molecule has 0 saturated carbocycles. The van der Waals surface area contributed by atoms with Crippen LogP contribution in [0.4, 0.5) is 0 Å². The van der Waals surface area contributed by atoms with Gasteiger partial charge >= 0.3 is 0 Å². The molecule has 7 nitrogen and oxygen atoms in total. The molecule has 142 valence electrons. The third kappa shape index (κ3) is 4.18. The number of imidazole rings is 1. The van der Waals surface area contributed by atoms with Gasteiger partial charge in [0.15, 0.2) is 5.16 Å². The lowest BCUT2D eigenvalue weighted by atomic mass is 10.2. The summed E-state index contributed by atoms with van der Waals surface area (Å²) in [5.41, 5.74) is 3.31. The number of nitrogens with one attached hydrogen (secondary N) is 1. The number of rotatable bonds is 6. The first-order valence-corrected chi connectivity index (χ1v) is 10.1. The van der Waals surface area contributed by atoms with Crippen molar-refractivity contribution in [1.82, 2.24) is 15.0 Å². The number of H-pyrrole nitrogens is 1. The second kappa shape index (κ2) is 8.16. The molecule has 1 unspecified atom stereocenters. The van der Waals surface area contributed by atoms with Crippen LogP contribution in [0.15, 0.2) is 41.7 Å². The van der Waals surface area contributed by atoms with Gasteiger partial charge in [-0.15, -0.1) is 0 Å². The van der Waals surface area contributed by atoms with E-state index in [1.807, 2.05) is 37.3 Å². The van der Waals surface area contributed by atoms with Gasteiger partial charge in [0.2, 0.25) is 0 Å². The van der Waals surface area contributed by atoms with Crippen LogP contribution < -0.4 is 4.74 Å². The van der Waals surface area contributed by atoms with Crippen molar-refractivity contribution in [2.45, 2.75) is 17.8 Å². The normalized spacial score (nSPS) is 16.5. The van der Waals surface area contributed by atoms with E-state index in [4.69, 9.17) is 14.2 Å². The number of pyridine rings is 1. The van der Waals surface area contributed by atoms with E-state index >= 15 is 0 Å². The quantitative estimate of drug-likeness (QED) is 0.700. The fourth-order valence-corrected chi connectivity index (χ4v) is 4.03. The van der Waals surface area contributed by atoms with E-state index in [-0.39, 0.29) is 11.7 Å². The summed E-state index contributed by atoms with van der Waals surface area (Å²) in [5.74, 6) is 1.23. The molecule has 1 fully saturated rings. The van der Waals surface area contributed by atoms with Gasteiger partial charge in [0, 0.05) is 17.7 Å². The van der Waals surface area contributed by atoms with E-state index in [1.54, 1.807) is 6.20 Å². The molecule has 0 bridgehead atoms. The average Bonchev–Trinajstić information content (AvgIpc) is 3.14. The molecule has 3 aromatic rings. The van der Waals surface area contributed by atoms with Gasteiger partial charge in [-0.25, -0.2) is 4.98 Å². The van der Waals surface area contributed by atoms with Crippen LogP contribution >= 0.6 is 0 Å². The Balaban J connectivity index is 1.45. The molecule has 1 atom stereocenters. The summed E-state index contributed by atoms with van der Waals surface area (Å²) in [6, 6.07) is 9.46. The Kier molecular flexibility index (Phi) is 5.47. The first-order valence-electron chi connectivity index (χ1n) is 8.76. The molecule has 1 N–H and O–H groups in total. The molecular weight excluding hydrogens is 366 g/mol. The van der Waals surface area contributed by atoms with E-state index in [0.717, 1.165) is 28.0 Å². The first-order chi connectivity index (χ1) is 13.2. The molecule has 0 amide bonds. The number of benzene rings is 1. The Morgan fingerprint density at radius 3 is 2.89 bits per heavy atom. The van der Waals surface area contributed by atoms with Crippen molar-refractivity contribution in [3.63, 3.8) is 0 Å². The van der Waals surface area contributed by atoms with E-state index in [2.05, 4.69) is 15.0 Å². The van der Waals surface area contributed by atoms with Gasteiger partial charge in [0.1, 0.15) is 12.5 Å². The highest BCUT2D eigenvalue weighted by molar-refractivity contribution is 7.84. The fourth-order valence-electron chi connectivity index (χ4n) is 2.93. The van der Waals surface area contributed by atoms with Gasteiger partial charge in [-0.2, -0.15) is 0 Å². The molecule has 3 heterocycles. The van der Waals surface area contributed by atoms with Crippen LogP contribution in [-0.4, -0.2) is 45.8 Å². The smallest absolute Gasteiger partial charge is 0.197 e. The van der Waals surface area contributed by atoms with Crippen LogP contribution in [0.5, 0.6) is 5.75 Å². The maximum atomic E-state index is 12.8. The molecule has 0 spiro atoms. The van der Waals surface area contributed by atoms with Crippen LogP contribution in [0, 0.1) is 12.8 Å². The van der Waals surface area contributed by atoms with Gasteiger partial charge in [0.25, 0.3) is 0 Å². The van der Waals surface area contributed by atoms with Gasteiger partial charge in [-0.3, -0.25) is 9.19 Å². The summed E-state index contributed by atoms with van der Waals surface area (Å²) < 4.78 is 29.3. The number of ether oxygens (including phenoxy) is 3. The number of fused-ring (bicyclic) bond motifs is 1. The minimum atomic E-state index is -1.32. The lowest BCUT2D eigenvalue weighted by Gasteiger charge is -2.23. The van der Waals surface area contributed by atoms with Gasteiger partial charge in [0.05, 0.1) is 53.1 Å². The molecule has 1 saturated heterocycles. The number of para-hydroxylation sites is 2. The monoisotopic (exact) mass is 387 g/mol. The van der Waals surface area contributed by atoms with Crippen LogP contribution in [0.25, 0.3) is 11.0 Å². The maximum absolute atomic E-state index is 12.8. The largest absolute Gasteiger partial charge is 0.493 e. The SMILES string of the molecule is Cc1c(OCC2COCOC2)ccnc1CS(=O)c1nc2ccccc2[nH]1. The van der Waals surface area contributed by atoms with Crippen molar-refractivity contribution in [2.75, 3.05) is 26.6 Å².